The number of aromatic nitrogens is 4. The lowest BCUT2D eigenvalue weighted by atomic mass is 10.0. The van der Waals surface area contributed by atoms with Crippen molar-refractivity contribution in [1.29, 1.82) is 0 Å². The SMILES string of the molecule is COc1nc(NS(=O)(=O)CC(F)(F)F)ccc1Oc1nc(C)sc1-c1ccnc(N[C@H]2C[C@H](F)CN(C(=O)OC(C)(C)C)C2)n1. The predicted molar refractivity (Wildman–Crippen MR) is 157 cm³/mol. The summed E-state index contributed by atoms with van der Waals surface area (Å²) < 4.78 is 94.3. The van der Waals surface area contributed by atoms with Gasteiger partial charge in [0.2, 0.25) is 21.9 Å². The molecule has 1 aliphatic rings. The Morgan fingerprint density at radius 2 is 1.84 bits per heavy atom. The topological polar surface area (TPSA) is 158 Å². The summed E-state index contributed by atoms with van der Waals surface area (Å²) in [6.45, 7) is 6.99. The molecule has 4 heterocycles. The van der Waals surface area contributed by atoms with Crippen LogP contribution in [0.1, 0.15) is 32.2 Å². The van der Waals surface area contributed by atoms with Crippen LogP contribution in [-0.4, -0.2) is 89.3 Å². The zero-order valence-electron chi connectivity index (χ0n) is 24.8. The first-order valence-corrected chi connectivity index (χ1v) is 15.9. The first-order chi connectivity index (χ1) is 20.9. The van der Waals surface area contributed by atoms with Crippen molar-refractivity contribution in [2.24, 2.45) is 0 Å². The van der Waals surface area contributed by atoms with Crippen LogP contribution in [0.25, 0.3) is 10.6 Å². The van der Waals surface area contributed by atoms with Crippen LogP contribution in [0.2, 0.25) is 0 Å². The second-order valence-electron chi connectivity index (χ2n) is 11.0. The van der Waals surface area contributed by atoms with E-state index in [1.54, 1.807) is 38.5 Å². The van der Waals surface area contributed by atoms with Gasteiger partial charge in [0.05, 0.1) is 24.4 Å². The lowest BCUT2D eigenvalue weighted by molar-refractivity contribution is -0.106. The molecule has 2 atom stereocenters. The van der Waals surface area contributed by atoms with Crippen LogP contribution >= 0.6 is 11.3 Å². The molecule has 0 radical (unpaired) electrons. The Labute approximate surface area is 260 Å². The summed E-state index contributed by atoms with van der Waals surface area (Å²) in [4.78, 5) is 31.3. The van der Waals surface area contributed by atoms with Gasteiger partial charge in [0.15, 0.2) is 11.5 Å². The fourth-order valence-electron chi connectivity index (χ4n) is 4.22. The minimum atomic E-state index is -4.94. The van der Waals surface area contributed by atoms with Crippen LogP contribution in [0.4, 0.5) is 34.1 Å². The number of anilines is 2. The third-order valence-electron chi connectivity index (χ3n) is 5.81. The molecular weight excluding hydrogens is 646 g/mol. The average molecular weight is 678 g/mol. The lowest BCUT2D eigenvalue weighted by Gasteiger charge is -2.36. The molecule has 3 aromatic heterocycles. The molecule has 246 valence electrons. The second-order valence-corrected chi connectivity index (χ2v) is 13.9. The Hall–Kier alpha value is -4.00. The van der Waals surface area contributed by atoms with Gasteiger partial charge < -0.3 is 24.4 Å². The number of carbonyl (C=O) groups is 1. The summed E-state index contributed by atoms with van der Waals surface area (Å²) in [6, 6.07) is 3.47. The van der Waals surface area contributed by atoms with E-state index in [0.717, 1.165) is 6.07 Å². The Balaban J connectivity index is 1.52. The molecule has 0 unspecified atom stereocenters. The normalized spacial score (nSPS) is 17.5. The van der Waals surface area contributed by atoms with Gasteiger partial charge in [-0.15, -0.1) is 11.3 Å². The molecule has 1 fully saturated rings. The van der Waals surface area contributed by atoms with E-state index in [1.807, 2.05) is 0 Å². The van der Waals surface area contributed by atoms with Gasteiger partial charge in [0, 0.05) is 25.2 Å². The van der Waals surface area contributed by atoms with Crippen molar-refractivity contribution >= 4 is 39.2 Å². The van der Waals surface area contributed by atoms with Crippen LogP contribution in [0.3, 0.4) is 0 Å². The van der Waals surface area contributed by atoms with E-state index in [-0.39, 0.29) is 43.0 Å². The summed E-state index contributed by atoms with van der Waals surface area (Å²) in [5, 5.41) is 3.67. The number of thiazole rings is 1. The van der Waals surface area contributed by atoms with Crippen molar-refractivity contribution in [3.8, 4) is 28.1 Å². The highest BCUT2D eigenvalue weighted by Crippen LogP contribution is 2.39. The first-order valence-electron chi connectivity index (χ1n) is 13.4. The van der Waals surface area contributed by atoms with Gasteiger partial charge in [0.1, 0.15) is 22.5 Å². The molecule has 2 N–H and O–H groups in total. The molecule has 0 aromatic carbocycles. The minimum absolute atomic E-state index is 0.00588. The van der Waals surface area contributed by atoms with E-state index in [1.165, 1.54) is 35.6 Å². The van der Waals surface area contributed by atoms with E-state index in [4.69, 9.17) is 14.2 Å². The quantitative estimate of drug-likeness (QED) is 0.288. The molecule has 1 aliphatic heterocycles. The highest BCUT2D eigenvalue weighted by Gasteiger charge is 2.36. The molecule has 1 amide bonds. The van der Waals surface area contributed by atoms with E-state index in [9.17, 15) is 30.8 Å². The first kappa shape index (κ1) is 33.9. The number of amides is 1. The smallest absolute Gasteiger partial charge is 0.410 e. The van der Waals surface area contributed by atoms with E-state index in [0.29, 0.717) is 15.6 Å². The highest BCUT2D eigenvalue weighted by atomic mass is 32.2. The molecule has 45 heavy (non-hydrogen) atoms. The Morgan fingerprint density at radius 3 is 2.51 bits per heavy atom. The largest absolute Gasteiger partial charge is 0.478 e. The number of piperidine rings is 1. The van der Waals surface area contributed by atoms with E-state index in [2.05, 4.69) is 25.3 Å². The van der Waals surface area contributed by atoms with Gasteiger partial charge in [0.25, 0.3) is 5.88 Å². The molecule has 3 aromatic rings. The summed E-state index contributed by atoms with van der Waals surface area (Å²) in [5.74, 6) is -2.47. The Kier molecular flexibility index (Phi) is 9.91. The Bertz CT molecular complexity index is 1630. The third kappa shape index (κ3) is 9.74. The van der Waals surface area contributed by atoms with Crippen molar-refractivity contribution in [2.75, 3.05) is 36.0 Å². The van der Waals surface area contributed by atoms with Crippen LogP contribution in [0.15, 0.2) is 24.4 Å². The molecule has 13 nitrogen and oxygen atoms in total. The number of nitrogens with zero attached hydrogens (tertiary/aromatic N) is 5. The van der Waals surface area contributed by atoms with Crippen LogP contribution in [-0.2, 0) is 14.8 Å². The van der Waals surface area contributed by atoms with Crippen molar-refractivity contribution in [3.05, 3.63) is 29.4 Å². The lowest BCUT2D eigenvalue weighted by Crippen LogP contribution is -2.51. The number of pyridine rings is 1. The number of methoxy groups -OCH3 is 1. The second kappa shape index (κ2) is 13.2. The molecule has 19 heteroatoms. The number of likely N-dealkylation sites (tertiary alicyclic amines) is 1. The van der Waals surface area contributed by atoms with Crippen molar-refractivity contribution in [1.82, 2.24) is 24.8 Å². The fourth-order valence-corrected chi connectivity index (χ4v) is 5.97. The number of hydrogen-bond donors (Lipinski definition) is 2. The maximum absolute atomic E-state index is 14.6. The number of alkyl halides is 4. The van der Waals surface area contributed by atoms with Gasteiger partial charge in [-0.1, -0.05) is 0 Å². The van der Waals surface area contributed by atoms with Gasteiger partial charge in [-0.3, -0.25) is 4.72 Å². The molecule has 0 aliphatic carbocycles. The summed E-state index contributed by atoms with van der Waals surface area (Å²) >= 11 is 1.24. The van der Waals surface area contributed by atoms with Crippen molar-refractivity contribution < 1.29 is 45.0 Å². The molecular formula is C26H31F4N7O6S2. The highest BCUT2D eigenvalue weighted by molar-refractivity contribution is 7.92. The number of ether oxygens (including phenoxy) is 3. The van der Waals surface area contributed by atoms with Gasteiger partial charge >= 0.3 is 12.3 Å². The maximum Gasteiger partial charge on any atom is 0.410 e. The third-order valence-corrected chi connectivity index (χ3v) is 8.02. The number of halogens is 4. The Morgan fingerprint density at radius 1 is 1.11 bits per heavy atom. The molecule has 1 saturated heterocycles. The number of sulfonamides is 1. The molecule has 0 saturated carbocycles. The number of aryl methyl sites for hydroxylation is 1. The summed E-state index contributed by atoms with van der Waals surface area (Å²) in [7, 11) is -3.55. The van der Waals surface area contributed by atoms with Crippen LogP contribution in [0, 0.1) is 6.92 Å². The number of carbonyl (C=O) groups excluding carboxylic acids is 1. The molecule has 0 bridgehead atoms. The zero-order valence-corrected chi connectivity index (χ0v) is 26.4. The van der Waals surface area contributed by atoms with E-state index < -0.39 is 51.7 Å². The van der Waals surface area contributed by atoms with Gasteiger partial charge in [-0.05, 0) is 45.9 Å². The number of rotatable bonds is 9. The minimum Gasteiger partial charge on any atom is -0.478 e. The summed E-state index contributed by atoms with van der Waals surface area (Å²) in [5.41, 5.74) is -0.336. The van der Waals surface area contributed by atoms with Crippen molar-refractivity contribution in [3.63, 3.8) is 0 Å². The van der Waals surface area contributed by atoms with Crippen molar-refractivity contribution in [2.45, 2.75) is 58.1 Å². The van der Waals surface area contributed by atoms with Crippen LogP contribution < -0.4 is 19.5 Å². The monoisotopic (exact) mass is 677 g/mol. The molecule has 4 rings (SSSR count). The van der Waals surface area contributed by atoms with Crippen LogP contribution in [0.5, 0.6) is 17.5 Å². The summed E-state index contributed by atoms with van der Waals surface area (Å²) in [6.07, 6.45) is -5.25. The fraction of sp³-hybridized carbons (Fsp3) is 0.500. The zero-order chi connectivity index (χ0) is 33.2. The predicted octanol–water partition coefficient (Wildman–Crippen LogP) is 5.17. The van der Waals surface area contributed by atoms with E-state index >= 15 is 0 Å². The van der Waals surface area contributed by atoms with Gasteiger partial charge in [-0.25, -0.2) is 32.6 Å². The maximum atomic E-state index is 14.6. The standard InChI is InChI=1S/C26H31F4N7O6S2/c1-14-32-22(42-18-6-7-19(35-21(18)41-5)36-45(39,40)13-26(28,29)30)20(44-14)17-8-9-31-23(34-17)33-16-10-15(27)11-37(12-16)24(38)43-25(2,3)4/h6-9,15-16H,10-13H2,1-5H3,(H,35,36)(H,31,33,34)/t15-,16-/m0/s1. The van der Waals surface area contributed by atoms with Gasteiger partial charge in [-0.2, -0.15) is 18.2 Å². The molecule has 0 spiro atoms. The average Bonchev–Trinajstić information content (AvgIpc) is 3.26. The number of hydrogen-bond acceptors (Lipinski definition) is 12. The number of nitrogens with one attached hydrogen (secondary N) is 2.